The SMILES string of the molecule is CCC(C)C(O)CNC(=O)C1CC1c1ccccc1C(F)(F)F. The van der Waals surface area contributed by atoms with Gasteiger partial charge in [-0.3, -0.25) is 4.79 Å². The second-order valence-corrected chi connectivity index (χ2v) is 6.23. The smallest absolute Gasteiger partial charge is 0.391 e. The summed E-state index contributed by atoms with van der Waals surface area (Å²) in [5, 5.41) is 12.5. The van der Waals surface area contributed by atoms with Gasteiger partial charge in [-0.15, -0.1) is 0 Å². The maximum Gasteiger partial charge on any atom is 0.416 e. The van der Waals surface area contributed by atoms with Crippen molar-refractivity contribution in [2.24, 2.45) is 11.8 Å². The third kappa shape index (κ3) is 4.25. The Morgan fingerprint density at radius 2 is 2.04 bits per heavy atom. The summed E-state index contributed by atoms with van der Waals surface area (Å²) < 4.78 is 39.0. The molecule has 0 aromatic heterocycles. The zero-order chi connectivity index (χ0) is 17.2. The number of halogens is 3. The van der Waals surface area contributed by atoms with Gasteiger partial charge in [0.1, 0.15) is 0 Å². The second kappa shape index (κ2) is 6.91. The zero-order valence-corrected chi connectivity index (χ0v) is 13.2. The lowest BCUT2D eigenvalue weighted by molar-refractivity contribution is -0.138. The highest BCUT2D eigenvalue weighted by molar-refractivity contribution is 5.83. The lowest BCUT2D eigenvalue weighted by Crippen LogP contribution is -2.36. The molecule has 1 amide bonds. The van der Waals surface area contributed by atoms with Crippen LogP contribution in [0.25, 0.3) is 0 Å². The summed E-state index contributed by atoms with van der Waals surface area (Å²) in [6.07, 6.45) is -3.84. The molecule has 0 heterocycles. The highest BCUT2D eigenvalue weighted by Gasteiger charge is 2.47. The molecule has 1 aliphatic carbocycles. The summed E-state index contributed by atoms with van der Waals surface area (Å²) in [7, 11) is 0. The van der Waals surface area contributed by atoms with Gasteiger partial charge in [-0.05, 0) is 29.9 Å². The number of aliphatic hydroxyl groups excluding tert-OH is 1. The molecule has 4 unspecified atom stereocenters. The van der Waals surface area contributed by atoms with Crippen molar-refractivity contribution in [2.45, 2.75) is 44.9 Å². The summed E-state index contributed by atoms with van der Waals surface area (Å²) >= 11 is 0. The average molecular weight is 329 g/mol. The van der Waals surface area contributed by atoms with Crippen LogP contribution in [0.3, 0.4) is 0 Å². The minimum Gasteiger partial charge on any atom is -0.391 e. The van der Waals surface area contributed by atoms with Gasteiger partial charge in [-0.25, -0.2) is 0 Å². The first-order chi connectivity index (χ1) is 10.8. The molecular formula is C17H22F3NO2. The van der Waals surface area contributed by atoms with Crippen molar-refractivity contribution < 1.29 is 23.1 Å². The molecule has 1 saturated carbocycles. The molecule has 1 aliphatic rings. The van der Waals surface area contributed by atoms with Crippen LogP contribution >= 0.6 is 0 Å². The van der Waals surface area contributed by atoms with Crippen LogP contribution < -0.4 is 5.32 Å². The van der Waals surface area contributed by atoms with Crippen LogP contribution in [0.1, 0.15) is 43.7 Å². The number of hydrogen-bond acceptors (Lipinski definition) is 2. The van der Waals surface area contributed by atoms with Crippen molar-refractivity contribution in [2.75, 3.05) is 6.54 Å². The molecule has 4 atom stereocenters. The normalized spacial score (nSPS) is 23.2. The van der Waals surface area contributed by atoms with Gasteiger partial charge in [0.15, 0.2) is 0 Å². The number of amides is 1. The zero-order valence-electron chi connectivity index (χ0n) is 13.2. The Hall–Kier alpha value is -1.56. The number of aliphatic hydroxyl groups is 1. The van der Waals surface area contributed by atoms with E-state index in [9.17, 15) is 23.1 Å². The Morgan fingerprint density at radius 3 is 2.65 bits per heavy atom. The van der Waals surface area contributed by atoms with Gasteiger partial charge in [0.2, 0.25) is 5.91 Å². The standard InChI is InChI=1S/C17H22F3NO2/c1-3-10(2)15(22)9-21-16(23)13-8-12(13)11-6-4-5-7-14(11)17(18,19)20/h4-7,10,12-13,15,22H,3,8-9H2,1-2H3,(H,21,23). The van der Waals surface area contributed by atoms with E-state index in [2.05, 4.69) is 5.32 Å². The van der Waals surface area contributed by atoms with Crippen LogP contribution in [0.4, 0.5) is 13.2 Å². The van der Waals surface area contributed by atoms with E-state index in [0.29, 0.717) is 6.42 Å². The first-order valence-corrected chi connectivity index (χ1v) is 7.87. The largest absolute Gasteiger partial charge is 0.416 e. The number of carbonyl (C=O) groups excluding carboxylic acids is 1. The fourth-order valence-electron chi connectivity index (χ4n) is 2.72. The summed E-state index contributed by atoms with van der Waals surface area (Å²) in [5.74, 6) is -1.05. The predicted octanol–water partition coefficient (Wildman–Crippen LogP) is 3.33. The maximum atomic E-state index is 13.0. The topological polar surface area (TPSA) is 49.3 Å². The van der Waals surface area contributed by atoms with Crippen molar-refractivity contribution in [3.8, 4) is 0 Å². The van der Waals surface area contributed by atoms with E-state index in [0.717, 1.165) is 12.5 Å². The van der Waals surface area contributed by atoms with Crippen LogP contribution in [-0.2, 0) is 11.0 Å². The first-order valence-electron chi connectivity index (χ1n) is 7.87. The van der Waals surface area contributed by atoms with Crippen LogP contribution in [-0.4, -0.2) is 23.7 Å². The van der Waals surface area contributed by atoms with Crippen LogP contribution in [0.5, 0.6) is 0 Å². The lowest BCUT2D eigenvalue weighted by Gasteiger charge is -2.17. The van der Waals surface area contributed by atoms with E-state index in [1.165, 1.54) is 12.1 Å². The molecule has 3 nitrogen and oxygen atoms in total. The van der Waals surface area contributed by atoms with Gasteiger partial charge in [0.05, 0.1) is 11.7 Å². The van der Waals surface area contributed by atoms with Crippen molar-refractivity contribution in [1.82, 2.24) is 5.32 Å². The Bertz CT molecular complexity index is 559. The van der Waals surface area contributed by atoms with E-state index >= 15 is 0 Å². The van der Waals surface area contributed by atoms with Gasteiger partial charge >= 0.3 is 6.18 Å². The summed E-state index contributed by atoms with van der Waals surface area (Å²) in [6, 6.07) is 5.40. The fourth-order valence-corrected chi connectivity index (χ4v) is 2.72. The van der Waals surface area contributed by atoms with Gasteiger partial charge in [0.25, 0.3) is 0 Å². The van der Waals surface area contributed by atoms with Gasteiger partial charge in [-0.2, -0.15) is 13.2 Å². The minimum atomic E-state index is -4.41. The Kier molecular flexibility index (Phi) is 5.34. The number of nitrogens with one attached hydrogen (secondary N) is 1. The fraction of sp³-hybridized carbons (Fsp3) is 0.588. The van der Waals surface area contributed by atoms with Gasteiger partial charge in [0, 0.05) is 12.5 Å². The third-order valence-corrected chi connectivity index (χ3v) is 4.58. The maximum absolute atomic E-state index is 13.0. The summed E-state index contributed by atoms with van der Waals surface area (Å²) in [4.78, 5) is 12.1. The molecule has 0 radical (unpaired) electrons. The van der Waals surface area contributed by atoms with Gasteiger partial charge < -0.3 is 10.4 Å². The molecule has 0 spiro atoms. The average Bonchev–Trinajstić information content (AvgIpc) is 3.31. The van der Waals surface area contributed by atoms with Gasteiger partial charge in [-0.1, -0.05) is 38.5 Å². The summed E-state index contributed by atoms with van der Waals surface area (Å²) in [6.45, 7) is 3.97. The predicted molar refractivity (Wildman–Crippen MR) is 80.8 cm³/mol. The molecule has 1 fully saturated rings. The molecular weight excluding hydrogens is 307 g/mol. The minimum absolute atomic E-state index is 0.0660. The molecule has 0 saturated heterocycles. The number of rotatable bonds is 6. The molecule has 0 aliphatic heterocycles. The highest BCUT2D eigenvalue weighted by atomic mass is 19.4. The van der Waals surface area contributed by atoms with E-state index < -0.39 is 29.7 Å². The molecule has 2 N–H and O–H groups in total. The molecule has 0 bridgehead atoms. The van der Waals surface area contributed by atoms with Crippen molar-refractivity contribution >= 4 is 5.91 Å². The number of hydrogen-bond donors (Lipinski definition) is 2. The van der Waals surface area contributed by atoms with E-state index in [1.807, 2.05) is 13.8 Å². The second-order valence-electron chi connectivity index (χ2n) is 6.23. The summed E-state index contributed by atoms with van der Waals surface area (Å²) in [5.41, 5.74) is -0.484. The van der Waals surface area contributed by atoms with E-state index in [-0.39, 0.29) is 23.9 Å². The quantitative estimate of drug-likeness (QED) is 0.841. The van der Waals surface area contributed by atoms with Crippen molar-refractivity contribution in [3.05, 3.63) is 35.4 Å². The Morgan fingerprint density at radius 1 is 1.39 bits per heavy atom. The van der Waals surface area contributed by atoms with Crippen LogP contribution in [0.2, 0.25) is 0 Å². The lowest BCUT2D eigenvalue weighted by atomic mass is 10.0. The molecule has 128 valence electrons. The molecule has 2 rings (SSSR count). The van der Waals surface area contributed by atoms with E-state index in [1.54, 1.807) is 6.07 Å². The third-order valence-electron chi connectivity index (χ3n) is 4.58. The Balaban J connectivity index is 1.96. The molecule has 1 aromatic rings. The molecule has 1 aromatic carbocycles. The highest BCUT2D eigenvalue weighted by Crippen LogP contribution is 2.51. The number of carbonyl (C=O) groups is 1. The number of alkyl halides is 3. The van der Waals surface area contributed by atoms with Crippen molar-refractivity contribution in [1.29, 1.82) is 0 Å². The van der Waals surface area contributed by atoms with Crippen molar-refractivity contribution in [3.63, 3.8) is 0 Å². The number of benzene rings is 1. The monoisotopic (exact) mass is 329 g/mol. The van der Waals surface area contributed by atoms with E-state index in [4.69, 9.17) is 0 Å². The molecule has 23 heavy (non-hydrogen) atoms. The van der Waals surface area contributed by atoms with Crippen LogP contribution in [0.15, 0.2) is 24.3 Å². The van der Waals surface area contributed by atoms with Crippen LogP contribution in [0, 0.1) is 11.8 Å². The first kappa shape index (κ1) is 17.8. The Labute approximate surface area is 133 Å². The molecule has 6 heteroatoms.